The first-order chi connectivity index (χ1) is 9.83. The van der Waals surface area contributed by atoms with E-state index in [1.807, 2.05) is 0 Å². The monoisotopic (exact) mass is 301 g/mol. The number of fused-ring (bicyclic) bond motifs is 1. The number of hydrogen-bond acceptors (Lipinski definition) is 7. The zero-order valence-corrected chi connectivity index (χ0v) is 11.3. The molecule has 1 aromatic heterocycles. The molecule has 1 N–H and O–H groups in total. The maximum Gasteiger partial charge on any atom is 0.328 e. The smallest absolute Gasteiger partial charge is 0.328 e. The number of aliphatic carboxylic acids is 1. The number of carboxylic acid groups (broad SMARTS) is 1. The molecule has 3 atom stereocenters. The summed E-state index contributed by atoms with van der Waals surface area (Å²) in [6.45, 7) is 1.20. The third-order valence-corrected chi connectivity index (χ3v) is 6.75. The number of aromatic nitrogens is 3. The predicted molar refractivity (Wildman–Crippen MR) is 64.0 cm³/mol. The van der Waals surface area contributed by atoms with Crippen LogP contribution in [-0.2, 0) is 26.0 Å². The van der Waals surface area contributed by atoms with E-state index >= 15 is 0 Å². The first kappa shape index (κ1) is 11.8. The lowest BCUT2D eigenvalue weighted by Gasteiger charge is -2.35. The molecule has 20 heavy (non-hydrogen) atoms. The van der Waals surface area contributed by atoms with Crippen LogP contribution in [0.2, 0.25) is 0 Å². The summed E-state index contributed by atoms with van der Waals surface area (Å²) in [5.74, 6) is -1.52. The van der Waals surface area contributed by atoms with Gasteiger partial charge in [0.1, 0.15) is 10.1 Å². The van der Waals surface area contributed by atoms with E-state index in [9.17, 15) is 18.0 Å². The maximum absolute atomic E-state index is 12.7. The molecule has 0 saturated carbocycles. The molecule has 108 valence electrons. The van der Waals surface area contributed by atoms with Crippen LogP contribution in [-0.4, -0.2) is 61.5 Å². The normalized spacial score (nSPS) is 35.1. The van der Waals surface area contributed by atoms with Crippen molar-refractivity contribution in [2.75, 3.05) is 0 Å². The minimum absolute atomic E-state index is 0.156. The van der Waals surface area contributed by atoms with Crippen LogP contribution in [0.5, 0.6) is 0 Å². The van der Waals surface area contributed by atoms with Gasteiger partial charge in [-0.05, 0) is 6.92 Å². The Morgan fingerprint density at radius 2 is 2.45 bits per heavy atom. The van der Waals surface area contributed by atoms with Gasteiger partial charge in [0.25, 0.3) is 1.43 Å². The Balaban J connectivity index is 2.09. The summed E-state index contributed by atoms with van der Waals surface area (Å²) in [6.07, 6.45) is 2.68. The molecule has 0 aliphatic carbocycles. The van der Waals surface area contributed by atoms with Gasteiger partial charge in [0.15, 0.2) is 15.9 Å². The van der Waals surface area contributed by atoms with Gasteiger partial charge in [0.2, 0.25) is 5.91 Å². The van der Waals surface area contributed by atoms with Crippen LogP contribution >= 0.6 is 0 Å². The molecule has 0 aromatic carbocycles. The van der Waals surface area contributed by atoms with Crippen molar-refractivity contribution in [2.45, 2.75) is 36.1 Å². The molecule has 1 amide bonds. The van der Waals surface area contributed by atoms with Gasteiger partial charge in [-0.3, -0.25) is 9.48 Å². The van der Waals surface area contributed by atoms with Gasteiger partial charge in [-0.15, -0.1) is 5.10 Å². The van der Waals surface area contributed by atoms with E-state index in [-0.39, 0.29) is 13.0 Å². The Morgan fingerprint density at radius 3 is 3.00 bits per heavy atom. The highest BCUT2D eigenvalue weighted by Gasteiger charge is 2.70. The van der Waals surface area contributed by atoms with Crippen LogP contribution in [0.4, 0.5) is 0 Å². The van der Waals surface area contributed by atoms with Gasteiger partial charge in [-0.25, -0.2) is 13.2 Å². The molecule has 3 heterocycles. The minimum atomic E-state index is -3.81. The van der Waals surface area contributed by atoms with E-state index in [2.05, 4.69) is 15.4 Å². The van der Waals surface area contributed by atoms with Crippen LogP contribution in [0.25, 0.3) is 1.43 Å². The average molecular weight is 301 g/mol. The van der Waals surface area contributed by atoms with Gasteiger partial charge < -0.3 is 10.0 Å². The Bertz CT molecular complexity index is 705. The summed E-state index contributed by atoms with van der Waals surface area (Å²) in [5, 5.41) is 10.2. The molecule has 0 spiro atoms. The lowest BCUT2D eigenvalue weighted by atomic mass is 9.96. The van der Waals surface area contributed by atoms with Crippen molar-refractivity contribution in [1.82, 2.24) is 19.9 Å². The Labute approximate surface area is 115 Å². The largest absolute Gasteiger partial charge is 0.480 e. The Hall–Kier alpha value is -1.97. The summed E-state index contributed by atoms with van der Waals surface area (Å²) in [7, 11) is -3.81. The maximum atomic E-state index is 12.7. The van der Waals surface area contributed by atoms with Crippen molar-refractivity contribution < 1.29 is 23.1 Å². The molecule has 9 nitrogen and oxygen atoms in total. The van der Waals surface area contributed by atoms with E-state index in [0.29, 0.717) is 0 Å². The third kappa shape index (κ3) is 1.39. The lowest BCUT2D eigenvalue weighted by molar-refractivity contribution is -0.157. The molecule has 3 rings (SSSR count). The molecule has 10 heteroatoms. The summed E-state index contributed by atoms with van der Waals surface area (Å²) >= 11 is 0. The van der Waals surface area contributed by atoms with Gasteiger partial charge in [-0.2, -0.15) is 0 Å². The summed E-state index contributed by atoms with van der Waals surface area (Å²) in [5.41, 5.74) is 0. The SMILES string of the molecule is [2H]OC(=O)[C@@H]1N2C(=O)CC2S(=O)(=O)[C@@]1(C)Cn1ccnn1. The van der Waals surface area contributed by atoms with Crippen molar-refractivity contribution in [2.24, 2.45) is 0 Å². The topological polar surface area (TPSA) is 122 Å². The number of amides is 1. The van der Waals surface area contributed by atoms with Gasteiger partial charge in [0, 0.05) is 6.20 Å². The Morgan fingerprint density at radius 1 is 1.70 bits per heavy atom. The highest BCUT2D eigenvalue weighted by Crippen LogP contribution is 2.46. The predicted octanol–water partition coefficient (Wildman–Crippen LogP) is -1.52. The number of sulfone groups is 1. The van der Waals surface area contributed by atoms with Crippen molar-refractivity contribution in [3.05, 3.63) is 12.4 Å². The highest BCUT2D eigenvalue weighted by atomic mass is 32.2. The average Bonchev–Trinajstić information content (AvgIpc) is 2.96. The van der Waals surface area contributed by atoms with Crippen molar-refractivity contribution in [1.29, 1.82) is 1.43 Å². The molecule has 2 aliphatic rings. The van der Waals surface area contributed by atoms with Crippen LogP contribution < -0.4 is 0 Å². The molecular weight excluding hydrogens is 288 g/mol. The van der Waals surface area contributed by atoms with Crippen LogP contribution in [0.15, 0.2) is 12.4 Å². The minimum Gasteiger partial charge on any atom is -0.480 e. The quantitative estimate of drug-likeness (QED) is 0.672. The number of carbonyl (C=O) groups excluding carboxylic acids is 1. The number of hydrogen-bond donors (Lipinski definition) is 1. The second kappa shape index (κ2) is 3.78. The zero-order chi connectivity index (χ0) is 15.4. The van der Waals surface area contributed by atoms with E-state index in [4.69, 9.17) is 1.43 Å². The number of β-lactam (4-membered cyclic amide) rings is 1. The third-order valence-electron chi connectivity index (χ3n) is 3.98. The molecule has 1 unspecified atom stereocenters. The fourth-order valence-electron chi connectivity index (χ4n) is 2.91. The van der Waals surface area contributed by atoms with Gasteiger partial charge in [0.05, 0.1) is 19.2 Å². The van der Waals surface area contributed by atoms with Crippen LogP contribution in [0.1, 0.15) is 13.3 Å². The van der Waals surface area contributed by atoms with Gasteiger partial charge >= 0.3 is 5.97 Å². The first-order valence-corrected chi connectivity index (χ1v) is 7.43. The van der Waals surface area contributed by atoms with Crippen molar-refractivity contribution in [3.63, 3.8) is 0 Å². The molecule has 0 radical (unpaired) electrons. The fraction of sp³-hybridized carbons (Fsp3) is 0.600. The Kier molecular flexibility index (Phi) is 2.23. The molecular formula is C10H12N4O5S. The van der Waals surface area contributed by atoms with Crippen molar-refractivity contribution >= 4 is 21.7 Å². The molecule has 0 bridgehead atoms. The first-order valence-electron chi connectivity index (χ1n) is 6.29. The summed E-state index contributed by atoms with van der Waals surface area (Å²) in [6, 6.07) is -1.35. The number of rotatable bonds is 3. The zero-order valence-electron chi connectivity index (χ0n) is 11.5. The number of nitrogens with zero attached hydrogens (tertiary/aromatic N) is 4. The molecule has 1 aromatic rings. The fourth-order valence-corrected chi connectivity index (χ4v) is 5.26. The highest BCUT2D eigenvalue weighted by molar-refractivity contribution is 7.93. The number of carboxylic acids is 1. The summed E-state index contributed by atoms with van der Waals surface area (Å²) in [4.78, 5) is 24.5. The molecule has 2 aliphatic heterocycles. The standard InChI is InChI=1S/C10H12N4O5S/c1-10(5-13-3-2-11-12-13)8(9(16)17)14-6(15)4-7(14)20(10,18)19/h2-3,7-8H,4-5H2,1H3,(H,16,17)/t7?,8-,10-/m0/s1/i/hD. The van der Waals surface area contributed by atoms with E-state index in [1.54, 1.807) is 0 Å². The molecule has 2 fully saturated rings. The van der Waals surface area contributed by atoms with Crippen molar-refractivity contribution in [3.8, 4) is 0 Å². The van der Waals surface area contributed by atoms with E-state index in [1.165, 1.54) is 24.0 Å². The van der Waals surface area contributed by atoms with Crippen LogP contribution in [0, 0.1) is 0 Å². The van der Waals surface area contributed by atoms with Crippen LogP contribution in [0.3, 0.4) is 0 Å². The lowest BCUT2D eigenvalue weighted by Crippen LogP contribution is -2.58. The number of carbonyl (C=O) groups is 2. The molecule has 2 saturated heterocycles. The van der Waals surface area contributed by atoms with E-state index < -0.39 is 37.9 Å². The summed E-state index contributed by atoms with van der Waals surface area (Å²) < 4.78 is 31.7. The van der Waals surface area contributed by atoms with Gasteiger partial charge in [-0.1, -0.05) is 5.21 Å². The second-order valence-electron chi connectivity index (χ2n) is 5.14. The second-order valence-corrected chi connectivity index (χ2v) is 7.71. The van der Waals surface area contributed by atoms with E-state index in [0.717, 1.165) is 4.90 Å².